The van der Waals surface area contributed by atoms with Gasteiger partial charge in [0.2, 0.25) is 0 Å². The topological polar surface area (TPSA) is 50.1 Å². The zero-order valence-electron chi connectivity index (χ0n) is 15.8. The molecule has 0 spiro atoms. The van der Waals surface area contributed by atoms with E-state index in [1.807, 2.05) is 6.08 Å². The molecule has 1 saturated carbocycles. The van der Waals surface area contributed by atoms with Crippen LogP contribution in [0.2, 0.25) is 0 Å². The average Bonchev–Trinajstić information content (AvgIpc) is 3.36. The molecule has 1 atom stereocenters. The van der Waals surface area contributed by atoms with Crippen molar-refractivity contribution in [3.8, 4) is 0 Å². The van der Waals surface area contributed by atoms with Gasteiger partial charge in [0.05, 0.1) is 12.1 Å². The summed E-state index contributed by atoms with van der Waals surface area (Å²) in [6.07, 6.45) is 6.92. The molecule has 2 heterocycles. The van der Waals surface area contributed by atoms with Crippen LogP contribution < -0.4 is 0 Å². The van der Waals surface area contributed by atoms with Gasteiger partial charge in [0.25, 0.3) is 0 Å². The fourth-order valence-corrected chi connectivity index (χ4v) is 4.33. The van der Waals surface area contributed by atoms with Crippen LogP contribution in [0.1, 0.15) is 49.2 Å². The molecule has 1 unspecified atom stereocenters. The highest BCUT2D eigenvalue weighted by molar-refractivity contribution is 5.85. The maximum absolute atomic E-state index is 4.50. The largest absolute Gasteiger partial charge is 0.297 e. The fourth-order valence-electron chi connectivity index (χ4n) is 4.33. The first-order chi connectivity index (χ1) is 12.9. The first-order valence-corrected chi connectivity index (χ1v) is 9.77. The molecule has 1 aromatic carbocycles. The van der Waals surface area contributed by atoms with Crippen LogP contribution in [-0.2, 0) is 0 Å². The molecule has 0 radical (unpaired) electrons. The summed E-state index contributed by atoms with van der Waals surface area (Å²) in [5, 5.41) is 13.0. The van der Waals surface area contributed by atoms with Crippen LogP contribution in [0.4, 0.5) is 0 Å². The zero-order valence-corrected chi connectivity index (χ0v) is 16.6. The lowest BCUT2D eigenvalue weighted by Gasteiger charge is -2.38. The van der Waals surface area contributed by atoms with E-state index in [4.69, 9.17) is 0 Å². The van der Waals surface area contributed by atoms with Crippen molar-refractivity contribution < 1.29 is 0 Å². The smallest absolute Gasteiger partial charge is 0.173 e. The van der Waals surface area contributed by atoms with Gasteiger partial charge in [0.1, 0.15) is 0 Å². The third-order valence-corrected chi connectivity index (χ3v) is 5.71. The Morgan fingerprint density at radius 1 is 1.07 bits per heavy atom. The maximum atomic E-state index is 4.50. The SMILES string of the molecule is C=CCN1CCN(C(c2ccccc2)c2nnnn2C2CCCC2)CC1.Cl. The van der Waals surface area contributed by atoms with Crippen LogP contribution in [0.25, 0.3) is 0 Å². The number of tetrazole rings is 1. The van der Waals surface area contributed by atoms with Crippen molar-refractivity contribution in [1.29, 1.82) is 0 Å². The van der Waals surface area contributed by atoms with Crippen LogP contribution in [0, 0.1) is 0 Å². The molecule has 0 N–H and O–H groups in total. The van der Waals surface area contributed by atoms with Crippen molar-refractivity contribution >= 4 is 12.4 Å². The van der Waals surface area contributed by atoms with E-state index in [2.05, 4.69) is 66.9 Å². The average molecular weight is 389 g/mol. The van der Waals surface area contributed by atoms with E-state index in [-0.39, 0.29) is 18.4 Å². The third kappa shape index (κ3) is 4.39. The summed E-state index contributed by atoms with van der Waals surface area (Å²) >= 11 is 0. The predicted molar refractivity (Wildman–Crippen MR) is 109 cm³/mol. The van der Waals surface area contributed by atoms with Crippen molar-refractivity contribution in [2.24, 2.45) is 0 Å². The van der Waals surface area contributed by atoms with Gasteiger partial charge < -0.3 is 0 Å². The highest BCUT2D eigenvalue weighted by Gasteiger charge is 2.32. The Hall–Kier alpha value is -1.76. The lowest BCUT2D eigenvalue weighted by molar-refractivity contribution is 0.111. The monoisotopic (exact) mass is 388 g/mol. The van der Waals surface area contributed by atoms with Crippen molar-refractivity contribution in [3.63, 3.8) is 0 Å². The van der Waals surface area contributed by atoms with Gasteiger partial charge in [-0.15, -0.1) is 24.1 Å². The van der Waals surface area contributed by atoms with Crippen molar-refractivity contribution in [3.05, 3.63) is 54.4 Å². The predicted octanol–water partition coefficient (Wildman–Crippen LogP) is 3.10. The second-order valence-corrected chi connectivity index (χ2v) is 7.36. The molecular weight excluding hydrogens is 360 g/mol. The van der Waals surface area contributed by atoms with Gasteiger partial charge in [0.15, 0.2) is 5.82 Å². The Morgan fingerprint density at radius 3 is 2.44 bits per heavy atom. The maximum Gasteiger partial charge on any atom is 0.173 e. The Balaban J connectivity index is 0.00000210. The number of aromatic nitrogens is 4. The Morgan fingerprint density at radius 2 is 1.78 bits per heavy atom. The lowest BCUT2D eigenvalue weighted by atomic mass is 10.0. The standard InChI is InChI=1S/C20H28N6.ClH/c1-2-12-24-13-15-25(16-14-24)19(17-8-4-3-5-9-17)20-21-22-23-26(20)18-10-6-7-11-18;/h2-5,8-9,18-19H,1,6-7,10-16H2;1H. The molecule has 0 amide bonds. The number of piperazine rings is 1. The fraction of sp³-hybridized carbons (Fsp3) is 0.550. The summed E-state index contributed by atoms with van der Waals surface area (Å²) in [7, 11) is 0. The van der Waals surface area contributed by atoms with E-state index in [1.54, 1.807) is 0 Å². The minimum atomic E-state index is 0. The Bertz CT molecular complexity index is 704. The molecule has 0 bridgehead atoms. The van der Waals surface area contributed by atoms with Crippen LogP contribution in [-0.4, -0.2) is 62.7 Å². The normalized spacial score (nSPS) is 20.3. The molecular formula is C20H29ClN6. The van der Waals surface area contributed by atoms with Gasteiger partial charge in [-0.2, -0.15) is 0 Å². The number of rotatable bonds is 6. The third-order valence-electron chi connectivity index (χ3n) is 5.71. The molecule has 1 saturated heterocycles. The van der Waals surface area contributed by atoms with Crippen molar-refractivity contribution in [1.82, 2.24) is 30.0 Å². The minimum absolute atomic E-state index is 0. The van der Waals surface area contributed by atoms with Crippen molar-refractivity contribution in [2.75, 3.05) is 32.7 Å². The van der Waals surface area contributed by atoms with Crippen molar-refractivity contribution in [2.45, 2.75) is 37.8 Å². The first-order valence-electron chi connectivity index (χ1n) is 9.77. The van der Waals surface area contributed by atoms with E-state index in [0.717, 1.165) is 38.5 Å². The Kier molecular flexibility index (Phi) is 6.99. The molecule has 2 fully saturated rings. The molecule has 2 aromatic rings. The van der Waals surface area contributed by atoms with E-state index >= 15 is 0 Å². The summed E-state index contributed by atoms with van der Waals surface area (Å²) < 4.78 is 2.11. The second-order valence-electron chi connectivity index (χ2n) is 7.36. The molecule has 4 rings (SSSR count). The van der Waals surface area contributed by atoms with E-state index in [1.165, 1.54) is 31.2 Å². The van der Waals surface area contributed by atoms with Gasteiger partial charge in [-0.05, 0) is 28.8 Å². The summed E-state index contributed by atoms with van der Waals surface area (Å²) in [5.74, 6) is 1.00. The molecule has 146 valence electrons. The van der Waals surface area contributed by atoms with Gasteiger partial charge >= 0.3 is 0 Å². The Labute approximate surface area is 167 Å². The molecule has 2 aliphatic rings. The summed E-state index contributed by atoms with van der Waals surface area (Å²) in [6, 6.07) is 11.3. The quantitative estimate of drug-likeness (QED) is 0.711. The summed E-state index contributed by atoms with van der Waals surface area (Å²) in [5.41, 5.74) is 1.28. The van der Waals surface area contributed by atoms with Gasteiger partial charge in [-0.1, -0.05) is 49.2 Å². The van der Waals surface area contributed by atoms with Crippen LogP contribution >= 0.6 is 12.4 Å². The number of hydrogen-bond acceptors (Lipinski definition) is 5. The van der Waals surface area contributed by atoms with Gasteiger partial charge in [-0.3, -0.25) is 9.80 Å². The molecule has 7 heteroatoms. The van der Waals surface area contributed by atoms with Crippen LogP contribution in [0.15, 0.2) is 43.0 Å². The van der Waals surface area contributed by atoms with E-state index in [0.29, 0.717) is 6.04 Å². The molecule has 1 aliphatic carbocycles. The van der Waals surface area contributed by atoms with Gasteiger partial charge in [-0.25, -0.2) is 4.68 Å². The number of halogens is 1. The highest BCUT2D eigenvalue weighted by Crippen LogP contribution is 2.34. The molecule has 6 nitrogen and oxygen atoms in total. The second kappa shape index (κ2) is 9.44. The first kappa shape index (κ1) is 20.0. The van der Waals surface area contributed by atoms with E-state index in [9.17, 15) is 0 Å². The molecule has 1 aromatic heterocycles. The zero-order chi connectivity index (χ0) is 17.8. The number of hydrogen-bond donors (Lipinski definition) is 0. The van der Waals surface area contributed by atoms with Gasteiger partial charge in [0, 0.05) is 32.7 Å². The summed E-state index contributed by atoms with van der Waals surface area (Å²) in [6.45, 7) is 8.98. The number of nitrogens with zero attached hydrogens (tertiary/aromatic N) is 6. The van der Waals surface area contributed by atoms with E-state index < -0.39 is 0 Å². The molecule has 1 aliphatic heterocycles. The lowest BCUT2D eigenvalue weighted by Crippen LogP contribution is -2.48. The van der Waals surface area contributed by atoms with Crippen LogP contribution in [0.5, 0.6) is 0 Å². The minimum Gasteiger partial charge on any atom is -0.297 e. The highest BCUT2D eigenvalue weighted by atomic mass is 35.5. The number of benzene rings is 1. The summed E-state index contributed by atoms with van der Waals surface area (Å²) in [4.78, 5) is 4.98. The van der Waals surface area contributed by atoms with Crippen LogP contribution in [0.3, 0.4) is 0 Å². The molecule has 27 heavy (non-hydrogen) atoms.